The van der Waals surface area contributed by atoms with Crippen LogP contribution in [0.4, 0.5) is 5.82 Å². The van der Waals surface area contributed by atoms with Crippen LogP contribution in [0.2, 0.25) is 0 Å². The first kappa shape index (κ1) is 18.5. The zero-order valence-electron chi connectivity index (χ0n) is 15.9. The van der Waals surface area contributed by atoms with Crippen LogP contribution in [0, 0.1) is 0 Å². The number of nitrogens with zero attached hydrogens (tertiary/aromatic N) is 5. The fourth-order valence-electron chi connectivity index (χ4n) is 3.74. The predicted octanol–water partition coefficient (Wildman–Crippen LogP) is 2.05. The van der Waals surface area contributed by atoms with Crippen molar-refractivity contribution in [2.45, 2.75) is 25.7 Å². The van der Waals surface area contributed by atoms with E-state index in [4.69, 9.17) is 4.42 Å². The molecule has 2 fully saturated rings. The number of carbonyl (C=O) groups is 2. The van der Waals surface area contributed by atoms with Crippen LogP contribution in [0.15, 0.2) is 34.9 Å². The standard InChI is InChI=1S/C20H25N5O3/c26-19(16-7-8-18(22-21-16)23-9-3-1-2-4-10-23)24-11-13-25(14-12-24)20(27)17-6-5-15-28-17/h5-8,15H,1-4,9-14H2. The number of anilines is 1. The Labute approximate surface area is 164 Å². The van der Waals surface area contributed by atoms with Crippen molar-refractivity contribution in [1.82, 2.24) is 20.0 Å². The Hall–Kier alpha value is -2.90. The first-order chi connectivity index (χ1) is 13.7. The summed E-state index contributed by atoms with van der Waals surface area (Å²) in [6.45, 7) is 3.89. The van der Waals surface area contributed by atoms with Crippen LogP contribution in [0.5, 0.6) is 0 Å². The predicted molar refractivity (Wildman–Crippen MR) is 103 cm³/mol. The molecule has 4 rings (SSSR count). The third kappa shape index (κ3) is 4.00. The minimum atomic E-state index is -0.140. The highest BCUT2D eigenvalue weighted by Gasteiger charge is 2.27. The molecular weight excluding hydrogens is 358 g/mol. The van der Waals surface area contributed by atoms with Crippen molar-refractivity contribution >= 4 is 17.6 Å². The molecular formula is C20H25N5O3. The number of carbonyl (C=O) groups excluding carboxylic acids is 2. The van der Waals surface area contributed by atoms with Gasteiger partial charge in [0.15, 0.2) is 17.3 Å². The van der Waals surface area contributed by atoms with E-state index in [0.717, 1.165) is 18.9 Å². The van der Waals surface area contributed by atoms with Gasteiger partial charge in [0.1, 0.15) is 0 Å². The van der Waals surface area contributed by atoms with E-state index in [1.54, 1.807) is 28.0 Å². The molecule has 0 N–H and O–H groups in total. The molecule has 2 amide bonds. The van der Waals surface area contributed by atoms with Crippen LogP contribution in [-0.4, -0.2) is 71.1 Å². The minimum Gasteiger partial charge on any atom is -0.459 e. The molecule has 2 aliphatic heterocycles. The lowest BCUT2D eigenvalue weighted by molar-refractivity contribution is 0.0514. The van der Waals surface area contributed by atoms with Gasteiger partial charge in [-0.05, 0) is 37.1 Å². The highest BCUT2D eigenvalue weighted by atomic mass is 16.3. The van der Waals surface area contributed by atoms with Gasteiger partial charge in [-0.25, -0.2) is 0 Å². The summed E-state index contributed by atoms with van der Waals surface area (Å²) in [5.41, 5.74) is 0.351. The molecule has 0 atom stereocenters. The maximum absolute atomic E-state index is 12.7. The van der Waals surface area contributed by atoms with E-state index >= 15 is 0 Å². The number of hydrogen-bond donors (Lipinski definition) is 0. The normalized spacial score (nSPS) is 18.1. The van der Waals surface area contributed by atoms with E-state index in [9.17, 15) is 9.59 Å². The smallest absolute Gasteiger partial charge is 0.289 e. The van der Waals surface area contributed by atoms with Gasteiger partial charge >= 0.3 is 0 Å². The lowest BCUT2D eigenvalue weighted by atomic mass is 10.2. The molecule has 0 saturated carbocycles. The van der Waals surface area contributed by atoms with Gasteiger partial charge in [-0.2, -0.15) is 0 Å². The zero-order valence-corrected chi connectivity index (χ0v) is 15.9. The van der Waals surface area contributed by atoms with E-state index < -0.39 is 0 Å². The SMILES string of the molecule is O=C(c1ccc(N2CCCCCC2)nn1)N1CCN(C(=O)c2ccco2)CC1. The van der Waals surface area contributed by atoms with Crippen LogP contribution >= 0.6 is 0 Å². The van der Waals surface area contributed by atoms with Crippen molar-refractivity contribution in [3.8, 4) is 0 Å². The van der Waals surface area contributed by atoms with E-state index in [2.05, 4.69) is 15.1 Å². The van der Waals surface area contributed by atoms with Crippen molar-refractivity contribution in [2.24, 2.45) is 0 Å². The first-order valence-electron chi connectivity index (χ1n) is 9.93. The molecule has 8 nitrogen and oxygen atoms in total. The summed E-state index contributed by atoms with van der Waals surface area (Å²) in [6, 6.07) is 7.00. The highest BCUT2D eigenvalue weighted by molar-refractivity contribution is 5.93. The Balaban J connectivity index is 1.34. The Morgan fingerprint density at radius 3 is 2.04 bits per heavy atom. The molecule has 148 valence electrons. The van der Waals surface area contributed by atoms with Gasteiger partial charge in [0.2, 0.25) is 0 Å². The Morgan fingerprint density at radius 1 is 0.786 bits per heavy atom. The van der Waals surface area contributed by atoms with Gasteiger partial charge in [0.05, 0.1) is 6.26 Å². The van der Waals surface area contributed by atoms with Crippen molar-refractivity contribution in [3.05, 3.63) is 42.0 Å². The molecule has 8 heteroatoms. The monoisotopic (exact) mass is 383 g/mol. The average molecular weight is 383 g/mol. The Morgan fingerprint density at radius 2 is 1.46 bits per heavy atom. The molecule has 0 radical (unpaired) electrons. The molecule has 0 bridgehead atoms. The number of aromatic nitrogens is 2. The summed E-state index contributed by atoms with van der Waals surface area (Å²) in [4.78, 5) is 30.7. The van der Waals surface area contributed by atoms with Gasteiger partial charge in [-0.3, -0.25) is 9.59 Å². The molecule has 2 aliphatic rings. The number of piperazine rings is 1. The second-order valence-electron chi connectivity index (χ2n) is 7.24. The fraction of sp³-hybridized carbons (Fsp3) is 0.500. The van der Waals surface area contributed by atoms with Gasteiger partial charge in [0, 0.05) is 39.3 Å². The summed E-state index contributed by atoms with van der Waals surface area (Å²) in [5.74, 6) is 0.890. The number of rotatable bonds is 3. The van der Waals surface area contributed by atoms with Crippen LogP contribution in [0.3, 0.4) is 0 Å². The van der Waals surface area contributed by atoms with Crippen molar-refractivity contribution in [1.29, 1.82) is 0 Å². The molecule has 2 aromatic rings. The largest absolute Gasteiger partial charge is 0.459 e. The van der Waals surface area contributed by atoms with E-state index in [1.807, 2.05) is 6.07 Å². The van der Waals surface area contributed by atoms with E-state index in [0.29, 0.717) is 37.6 Å². The average Bonchev–Trinajstić information content (AvgIpc) is 3.15. The summed E-state index contributed by atoms with van der Waals surface area (Å²) in [5, 5.41) is 8.46. The Kier molecular flexibility index (Phi) is 5.55. The lowest BCUT2D eigenvalue weighted by Crippen LogP contribution is -2.50. The van der Waals surface area contributed by atoms with Crippen LogP contribution in [-0.2, 0) is 0 Å². The quantitative estimate of drug-likeness (QED) is 0.807. The number of furan rings is 1. The van der Waals surface area contributed by atoms with Crippen LogP contribution < -0.4 is 4.90 Å². The molecule has 0 spiro atoms. The Bertz CT molecular complexity index is 790. The summed E-state index contributed by atoms with van der Waals surface area (Å²) >= 11 is 0. The topological polar surface area (TPSA) is 82.8 Å². The number of amides is 2. The number of hydrogen-bond acceptors (Lipinski definition) is 6. The molecule has 2 saturated heterocycles. The van der Waals surface area contributed by atoms with E-state index in [1.165, 1.54) is 31.9 Å². The van der Waals surface area contributed by atoms with Gasteiger partial charge in [0.25, 0.3) is 11.8 Å². The summed E-state index contributed by atoms with van der Waals surface area (Å²) in [6.07, 6.45) is 6.34. The maximum Gasteiger partial charge on any atom is 0.289 e. The fourth-order valence-corrected chi connectivity index (χ4v) is 3.74. The maximum atomic E-state index is 12.7. The molecule has 0 aromatic carbocycles. The summed E-state index contributed by atoms with van der Waals surface area (Å²) in [7, 11) is 0. The second-order valence-corrected chi connectivity index (χ2v) is 7.24. The lowest BCUT2D eigenvalue weighted by Gasteiger charge is -2.34. The molecule has 0 unspecified atom stereocenters. The first-order valence-corrected chi connectivity index (χ1v) is 9.93. The third-order valence-corrected chi connectivity index (χ3v) is 5.39. The molecule has 2 aromatic heterocycles. The van der Waals surface area contributed by atoms with Crippen molar-refractivity contribution in [3.63, 3.8) is 0 Å². The van der Waals surface area contributed by atoms with E-state index in [-0.39, 0.29) is 11.8 Å². The second kappa shape index (κ2) is 8.41. The minimum absolute atomic E-state index is 0.139. The summed E-state index contributed by atoms with van der Waals surface area (Å²) < 4.78 is 5.17. The zero-order chi connectivity index (χ0) is 19.3. The molecule has 28 heavy (non-hydrogen) atoms. The van der Waals surface area contributed by atoms with Crippen molar-refractivity contribution < 1.29 is 14.0 Å². The molecule has 4 heterocycles. The van der Waals surface area contributed by atoms with Gasteiger partial charge in [-0.1, -0.05) is 12.8 Å². The van der Waals surface area contributed by atoms with Gasteiger partial charge < -0.3 is 19.1 Å². The van der Waals surface area contributed by atoms with Crippen LogP contribution in [0.1, 0.15) is 46.7 Å². The third-order valence-electron chi connectivity index (χ3n) is 5.39. The molecule has 0 aliphatic carbocycles. The highest BCUT2D eigenvalue weighted by Crippen LogP contribution is 2.17. The van der Waals surface area contributed by atoms with Crippen molar-refractivity contribution in [2.75, 3.05) is 44.2 Å². The van der Waals surface area contributed by atoms with Gasteiger partial charge in [-0.15, -0.1) is 10.2 Å². The van der Waals surface area contributed by atoms with Crippen LogP contribution in [0.25, 0.3) is 0 Å².